The summed E-state index contributed by atoms with van der Waals surface area (Å²) in [6.07, 6.45) is 1.23. The van der Waals surface area contributed by atoms with Gasteiger partial charge in [-0.25, -0.2) is 0 Å². The number of aliphatic imine (C=N–C) groups is 1. The van der Waals surface area contributed by atoms with Gasteiger partial charge in [-0.2, -0.15) is 0 Å². The Labute approximate surface area is 92.0 Å². The minimum absolute atomic E-state index is 0.383. The van der Waals surface area contributed by atoms with E-state index in [0.717, 1.165) is 24.2 Å². The van der Waals surface area contributed by atoms with E-state index < -0.39 is 0 Å². The molecule has 0 saturated carbocycles. The number of hydrogen-bond donors (Lipinski definition) is 1. The van der Waals surface area contributed by atoms with Crippen LogP contribution in [0.15, 0.2) is 4.99 Å². The van der Waals surface area contributed by atoms with Crippen LogP contribution < -0.4 is 5.32 Å². The molecule has 2 nitrogen and oxygen atoms in total. The zero-order valence-corrected chi connectivity index (χ0v) is 10.6. The number of thioether (sulfide) groups is 1. The predicted molar refractivity (Wildman–Crippen MR) is 66.0 cm³/mol. The van der Waals surface area contributed by atoms with Crippen LogP contribution in [-0.4, -0.2) is 24.0 Å². The molecule has 1 rings (SSSR count). The summed E-state index contributed by atoms with van der Waals surface area (Å²) in [6, 6.07) is 0. The van der Waals surface area contributed by atoms with Crippen LogP contribution in [0.5, 0.6) is 0 Å². The first-order valence-electron chi connectivity index (χ1n) is 5.41. The van der Waals surface area contributed by atoms with Gasteiger partial charge in [0.25, 0.3) is 0 Å². The molecular formula is C11H22N2S. The molecular weight excluding hydrogens is 192 g/mol. The molecule has 3 heteroatoms. The quantitative estimate of drug-likeness (QED) is 0.781. The molecule has 1 aliphatic heterocycles. The smallest absolute Gasteiger partial charge is 0.156 e. The Morgan fingerprint density at radius 2 is 2.21 bits per heavy atom. The lowest BCUT2D eigenvalue weighted by molar-refractivity contribution is 0.436. The number of nitrogens with one attached hydrogen (secondary N) is 1. The van der Waals surface area contributed by atoms with E-state index in [-0.39, 0.29) is 0 Å². The second-order valence-corrected chi connectivity index (χ2v) is 6.15. The highest BCUT2D eigenvalue weighted by Crippen LogP contribution is 2.26. The summed E-state index contributed by atoms with van der Waals surface area (Å²) < 4.78 is 0. The van der Waals surface area contributed by atoms with Gasteiger partial charge in [-0.15, -0.1) is 0 Å². The monoisotopic (exact) mass is 214 g/mol. The van der Waals surface area contributed by atoms with Gasteiger partial charge in [0.05, 0.1) is 0 Å². The minimum atomic E-state index is 0.383. The molecule has 0 aromatic carbocycles. The summed E-state index contributed by atoms with van der Waals surface area (Å²) in [7, 11) is 0. The van der Waals surface area contributed by atoms with Gasteiger partial charge < -0.3 is 5.32 Å². The topological polar surface area (TPSA) is 24.4 Å². The zero-order valence-electron chi connectivity index (χ0n) is 9.76. The van der Waals surface area contributed by atoms with Crippen LogP contribution in [0.2, 0.25) is 0 Å². The summed E-state index contributed by atoms with van der Waals surface area (Å²) in [5.74, 6) is 1.95. The van der Waals surface area contributed by atoms with E-state index in [1.54, 1.807) is 0 Å². The first kappa shape index (κ1) is 11.9. The third kappa shape index (κ3) is 4.36. The van der Waals surface area contributed by atoms with Gasteiger partial charge in [0.15, 0.2) is 5.17 Å². The minimum Gasteiger partial charge on any atom is -0.365 e. The van der Waals surface area contributed by atoms with E-state index in [1.807, 2.05) is 11.8 Å². The molecule has 82 valence electrons. The maximum atomic E-state index is 4.55. The molecule has 0 aromatic heterocycles. The maximum absolute atomic E-state index is 4.55. The fourth-order valence-corrected chi connectivity index (χ4v) is 2.19. The van der Waals surface area contributed by atoms with Gasteiger partial charge in [0.2, 0.25) is 0 Å². The van der Waals surface area contributed by atoms with Crippen molar-refractivity contribution in [2.45, 2.75) is 34.1 Å². The van der Waals surface area contributed by atoms with Crippen LogP contribution in [0.4, 0.5) is 0 Å². The molecule has 0 bridgehead atoms. The summed E-state index contributed by atoms with van der Waals surface area (Å²) in [5.41, 5.74) is 0.383. The largest absolute Gasteiger partial charge is 0.365 e. The van der Waals surface area contributed by atoms with Crippen LogP contribution in [0, 0.1) is 11.3 Å². The van der Waals surface area contributed by atoms with Gasteiger partial charge in [-0.05, 0) is 17.8 Å². The van der Waals surface area contributed by atoms with Crippen molar-refractivity contribution in [3.8, 4) is 0 Å². The lowest BCUT2D eigenvalue weighted by atomic mass is 9.97. The predicted octanol–water partition coefficient (Wildman–Crippen LogP) is 2.75. The van der Waals surface area contributed by atoms with Crippen molar-refractivity contribution < 1.29 is 0 Å². The molecule has 0 amide bonds. The third-order valence-electron chi connectivity index (χ3n) is 2.25. The second-order valence-electron chi connectivity index (χ2n) is 5.18. The van der Waals surface area contributed by atoms with Crippen molar-refractivity contribution in [1.29, 1.82) is 0 Å². The van der Waals surface area contributed by atoms with Crippen LogP contribution in [0.3, 0.4) is 0 Å². The summed E-state index contributed by atoms with van der Waals surface area (Å²) in [5, 5.41) is 4.55. The van der Waals surface area contributed by atoms with Gasteiger partial charge in [-0.3, -0.25) is 4.99 Å². The molecule has 0 atom stereocenters. The number of rotatable bonds is 3. The second kappa shape index (κ2) is 5.06. The Kier molecular flexibility index (Phi) is 4.30. The lowest BCUT2D eigenvalue weighted by Crippen LogP contribution is -2.32. The molecule has 14 heavy (non-hydrogen) atoms. The number of nitrogens with zero attached hydrogens (tertiary/aromatic N) is 1. The first-order valence-corrected chi connectivity index (χ1v) is 6.39. The highest BCUT2D eigenvalue weighted by Gasteiger charge is 2.22. The first-order chi connectivity index (χ1) is 6.49. The Bertz CT molecular complexity index is 209. The van der Waals surface area contributed by atoms with E-state index in [9.17, 15) is 0 Å². The van der Waals surface area contributed by atoms with E-state index in [1.165, 1.54) is 12.2 Å². The lowest BCUT2D eigenvalue weighted by Gasteiger charge is -2.27. The SMILES string of the molecule is CC(C)CCNC1=NCC(C)(C)CS1. The van der Waals surface area contributed by atoms with Crippen LogP contribution in [0.1, 0.15) is 34.1 Å². The van der Waals surface area contributed by atoms with E-state index in [4.69, 9.17) is 0 Å². The molecule has 0 saturated heterocycles. The molecule has 1 heterocycles. The summed E-state index contributed by atoms with van der Waals surface area (Å²) in [4.78, 5) is 4.55. The molecule has 1 aliphatic rings. The highest BCUT2D eigenvalue weighted by atomic mass is 32.2. The Morgan fingerprint density at radius 3 is 2.71 bits per heavy atom. The standard InChI is InChI=1S/C11H22N2S/c1-9(2)5-6-12-10-13-7-11(3,4)8-14-10/h9H,5-8H2,1-4H3,(H,12,13). The molecule has 0 aromatic rings. The van der Waals surface area contributed by atoms with Crippen molar-refractivity contribution in [2.75, 3.05) is 18.8 Å². The van der Waals surface area contributed by atoms with Gasteiger partial charge in [0, 0.05) is 18.8 Å². The van der Waals surface area contributed by atoms with Gasteiger partial charge in [-0.1, -0.05) is 39.5 Å². The normalized spacial score (nSPS) is 20.8. The fraction of sp³-hybridized carbons (Fsp3) is 0.909. The van der Waals surface area contributed by atoms with E-state index in [0.29, 0.717) is 5.41 Å². The Hall–Kier alpha value is -0.180. The average molecular weight is 214 g/mol. The van der Waals surface area contributed by atoms with Crippen LogP contribution in [0.25, 0.3) is 0 Å². The van der Waals surface area contributed by atoms with Crippen molar-refractivity contribution >= 4 is 16.9 Å². The molecule has 0 aliphatic carbocycles. The molecule has 0 unspecified atom stereocenters. The van der Waals surface area contributed by atoms with Crippen molar-refractivity contribution in [3.05, 3.63) is 0 Å². The molecule has 0 fully saturated rings. The Morgan fingerprint density at radius 1 is 1.50 bits per heavy atom. The third-order valence-corrected chi connectivity index (χ3v) is 3.72. The summed E-state index contributed by atoms with van der Waals surface area (Å²) >= 11 is 1.86. The van der Waals surface area contributed by atoms with Crippen molar-refractivity contribution in [1.82, 2.24) is 5.32 Å². The highest BCUT2D eigenvalue weighted by molar-refractivity contribution is 8.13. The van der Waals surface area contributed by atoms with Crippen LogP contribution in [-0.2, 0) is 0 Å². The summed E-state index contributed by atoms with van der Waals surface area (Å²) in [6.45, 7) is 11.1. The Balaban J connectivity index is 2.24. The molecule has 1 N–H and O–H groups in total. The van der Waals surface area contributed by atoms with E-state index >= 15 is 0 Å². The van der Waals surface area contributed by atoms with Gasteiger partial charge in [0.1, 0.15) is 0 Å². The van der Waals surface area contributed by atoms with E-state index in [2.05, 4.69) is 38.0 Å². The fourth-order valence-electron chi connectivity index (χ4n) is 1.22. The van der Waals surface area contributed by atoms with Gasteiger partial charge >= 0.3 is 0 Å². The van der Waals surface area contributed by atoms with Crippen molar-refractivity contribution in [2.24, 2.45) is 16.3 Å². The number of hydrogen-bond acceptors (Lipinski definition) is 3. The van der Waals surface area contributed by atoms with Crippen LogP contribution >= 0.6 is 11.8 Å². The average Bonchev–Trinajstić information content (AvgIpc) is 2.07. The maximum Gasteiger partial charge on any atom is 0.156 e. The number of amidine groups is 1. The van der Waals surface area contributed by atoms with Crippen molar-refractivity contribution in [3.63, 3.8) is 0 Å². The zero-order chi connectivity index (χ0) is 10.6. The molecule has 0 spiro atoms. The molecule has 0 radical (unpaired) electrons.